The van der Waals surface area contributed by atoms with Gasteiger partial charge >= 0.3 is 0 Å². The highest BCUT2D eigenvalue weighted by atomic mass is 35.5. The molecule has 2 heterocycles. The lowest BCUT2D eigenvalue weighted by Gasteiger charge is -2.33. The van der Waals surface area contributed by atoms with Crippen molar-refractivity contribution in [2.45, 2.75) is 26.7 Å². The number of ketones is 1. The van der Waals surface area contributed by atoms with Gasteiger partial charge in [0.1, 0.15) is 0 Å². The molecule has 2 nitrogen and oxygen atoms in total. The molecule has 18 heavy (non-hydrogen) atoms. The van der Waals surface area contributed by atoms with Crippen LogP contribution in [0.2, 0.25) is 4.34 Å². The largest absolute Gasteiger partial charge is 0.296 e. The van der Waals surface area contributed by atoms with Crippen molar-refractivity contribution in [3.63, 3.8) is 0 Å². The number of nitrogens with zero attached hydrogens (tertiary/aromatic N) is 1. The van der Waals surface area contributed by atoms with E-state index in [-0.39, 0.29) is 5.78 Å². The van der Waals surface area contributed by atoms with Crippen LogP contribution in [-0.2, 0) is 0 Å². The molecule has 0 spiro atoms. The summed E-state index contributed by atoms with van der Waals surface area (Å²) in [6.07, 6.45) is 2.44. The summed E-state index contributed by atoms with van der Waals surface area (Å²) in [4.78, 5) is 15.1. The van der Waals surface area contributed by atoms with E-state index in [4.69, 9.17) is 11.6 Å². The average molecular weight is 286 g/mol. The fourth-order valence-corrected chi connectivity index (χ4v) is 3.50. The summed E-state index contributed by atoms with van der Waals surface area (Å²) in [5.41, 5.74) is 0. The summed E-state index contributed by atoms with van der Waals surface area (Å²) in [5, 5.41) is 0. The molecule has 0 N–H and O–H groups in total. The van der Waals surface area contributed by atoms with Crippen LogP contribution in [-0.4, -0.2) is 30.3 Å². The van der Waals surface area contributed by atoms with Gasteiger partial charge in [0.2, 0.25) is 0 Å². The van der Waals surface area contributed by atoms with Crippen LogP contribution in [0.5, 0.6) is 0 Å². The lowest BCUT2D eigenvalue weighted by atomic mass is 9.87. The summed E-state index contributed by atoms with van der Waals surface area (Å²) < 4.78 is 0.692. The molecule has 4 heteroatoms. The fourth-order valence-electron chi connectivity index (χ4n) is 2.52. The summed E-state index contributed by atoms with van der Waals surface area (Å²) >= 11 is 7.23. The third kappa shape index (κ3) is 3.56. The monoisotopic (exact) mass is 285 g/mol. The maximum Gasteiger partial charge on any atom is 0.186 e. The zero-order chi connectivity index (χ0) is 13.1. The minimum atomic E-state index is 0.204. The third-order valence-corrected chi connectivity index (χ3v) is 5.06. The second-order valence-electron chi connectivity index (χ2n) is 5.38. The lowest BCUT2D eigenvalue weighted by Crippen LogP contribution is -2.38. The van der Waals surface area contributed by atoms with Crippen molar-refractivity contribution in [2.24, 2.45) is 11.8 Å². The Morgan fingerprint density at radius 3 is 2.61 bits per heavy atom. The SMILES string of the molecule is CC(C)C1CCN(CC(=O)c2ccc(Cl)s2)CC1. The van der Waals surface area contributed by atoms with Gasteiger partial charge in [-0.05, 0) is 49.9 Å². The number of halogens is 1. The Labute approximate surface area is 118 Å². The standard InChI is InChI=1S/C14H20ClNOS/c1-10(2)11-5-7-16(8-6-11)9-12(17)13-3-4-14(15)18-13/h3-4,10-11H,5-9H2,1-2H3. The molecule has 0 aliphatic carbocycles. The first-order valence-electron chi connectivity index (χ1n) is 6.57. The van der Waals surface area contributed by atoms with Crippen molar-refractivity contribution in [3.05, 3.63) is 21.3 Å². The van der Waals surface area contributed by atoms with Crippen molar-refractivity contribution in [3.8, 4) is 0 Å². The first-order valence-corrected chi connectivity index (χ1v) is 7.76. The van der Waals surface area contributed by atoms with Crippen LogP contribution >= 0.6 is 22.9 Å². The van der Waals surface area contributed by atoms with Crippen molar-refractivity contribution < 1.29 is 4.79 Å². The van der Waals surface area contributed by atoms with Gasteiger partial charge in [-0.25, -0.2) is 0 Å². The quantitative estimate of drug-likeness (QED) is 0.781. The van der Waals surface area contributed by atoms with Gasteiger partial charge in [0, 0.05) is 0 Å². The van der Waals surface area contributed by atoms with Gasteiger partial charge in [-0.1, -0.05) is 25.4 Å². The highest BCUT2D eigenvalue weighted by molar-refractivity contribution is 7.18. The molecule has 1 fully saturated rings. The van der Waals surface area contributed by atoms with E-state index >= 15 is 0 Å². The van der Waals surface area contributed by atoms with Gasteiger partial charge in [0.05, 0.1) is 15.8 Å². The Morgan fingerprint density at radius 2 is 2.11 bits per heavy atom. The van der Waals surface area contributed by atoms with Crippen LogP contribution < -0.4 is 0 Å². The normalized spacial score (nSPS) is 18.4. The lowest BCUT2D eigenvalue weighted by molar-refractivity contribution is 0.0884. The second kappa shape index (κ2) is 6.18. The Morgan fingerprint density at radius 1 is 1.44 bits per heavy atom. The smallest absolute Gasteiger partial charge is 0.186 e. The molecule has 100 valence electrons. The van der Waals surface area contributed by atoms with Gasteiger partial charge in [-0.2, -0.15) is 0 Å². The van der Waals surface area contributed by atoms with E-state index in [1.54, 1.807) is 6.07 Å². The van der Waals surface area contributed by atoms with E-state index in [1.165, 1.54) is 24.2 Å². The molecule has 0 aromatic carbocycles. The van der Waals surface area contributed by atoms with Crippen LogP contribution in [0, 0.1) is 11.8 Å². The maximum atomic E-state index is 12.1. The van der Waals surface area contributed by atoms with E-state index in [0.717, 1.165) is 29.8 Å². The van der Waals surface area contributed by atoms with E-state index in [9.17, 15) is 4.79 Å². The predicted molar refractivity (Wildman–Crippen MR) is 77.7 cm³/mol. The van der Waals surface area contributed by atoms with E-state index in [0.29, 0.717) is 10.9 Å². The Bertz CT molecular complexity index is 408. The number of rotatable bonds is 4. The van der Waals surface area contributed by atoms with Gasteiger partial charge in [-0.15, -0.1) is 11.3 Å². The van der Waals surface area contributed by atoms with Crippen LogP contribution in [0.4, 0.5) is 0 Å². The summed E-state index contributed by atoms with van der Waals surface area (Å²) in [6, 6.07) is 3.63. The molecule has 1 aromatic rings. The number of likely N-dealkylation sites (tertiary alicyclic amines) is 1. The van der Waals surface area contributed by atoms with E-state index in [1.807, 2.05) is 6.07 Å². The van der Waals surface area contributed by atoms with Gasteiger partial charge in [0.15, 0.2) is 5.78 Å². The molecule has 0 radical (unpaired) electrons. The molecule has 0 saturated carbocycles. The highest BCUT2D eigenvalue weighted by Crippen LogP contribution is 2.25. The number of hydrogen-bond donors (Lipinski definition) is 0. The molecule has 0 atom stereocenters. The first kappa shape index (κ1) is 14.0. The molecule has 0 bridgehead atoms. The topological polar surface area (TPSA) is 20.3 Å². The average Bonchev–Trinajstić information content (AvgIpc) is 2.76. The molecular formula is C14H20ClNOS. The number of carbonyl (C=O) groups excluding carboxylic acids is 1. The minimum absolute atomic E-state index is 0.204. The van der Waals surface area contributed by atoms with Crippen LogP contribution in [0.25, 0.3) is 0 Å². The van der Waals surface area contributed by atoms with Crippen LogP contribution in [0.15, 0.2) is 12.1 Å². The number of carbonyl (C=O) groups is 1. The molecule has 1 aliphatic rings. The minimum Gasteiger partial charge on any atom is -0.296 e. The number of Topliss-reactive ketones (excluding diaryl/α,β-unsaturated/α-hetero) is 1. The van der Waals surface area contributed by atoms with E-state index in [2.05, 4.69) is 18.7 Å². The molecular weight excluding hydrogens is 266 g/mol. The predicted octanol–water partition coefficient (Wildman–Crippen LogP) is 3.95. The van der Waals surface area contributed by atoms with Crippen molar-refractivity contribution >= 4 is 28.7 Å². The van der Waals surface area contributed by atoms with Crippen molar-refractivity contribution in [2.75, 3.05) is 19.6 Å². The summed E-state index contributed by atoms with van der Waals surface area (Å²) in [5.74, 6) is 1.79. The molecule has 1 aliphatic heterocycles. The second-order valence-corrected chi connectivity index (χ2v) is 7.10. The van der Waals surface area contributed by atoms with Gasteiger partial charge in [0.25, 0.3) is 0 Å². The third-order valence-electron chi connectivity index (χ3n) is 3.79. The summed E-state index contributed by atoms with van der Waals surface area (Å²) in [6.45, 7) is 7.22. The Balaban J connectivity index is 1.83. The zero-order valence-electron chi connectivity index (χ0n) is 11.0. The molecule has 0 unspecified atom stereocenters. The van der Waals surface area contributed by atoms with Crippen molar-refractivity contribution in [1.82, 2.24) is 4.90 Å². The molecule has 0 amide bonds. The number of piperidine rings is 1. The molecule has 1 saturated heterocycles. The Kier molecular flexibility index (Phi) is 4.82. The zero-order valence-corrected chi connectivity index (χ0v) is 12.6. The van der Waals surface area contributed by atoms with E-state index < -0.39 is 0 Å². The fraction of sp³-hybridized carbons (Fsp3) is 0.643. The number of hydrogen-bond acceptors (Lipinski definition) is 3. The van der Waals surface area contributed by atoms with Gasteiger partial charge < -0.3 is 0 Å². The first-order chi connectivity index (χ1) is 8.56. The molecule has 2 rings (SSSR count). The van der Waals surface area contributed by atoms with Crippen LogP contribution in [0.3, 0.4) is 0 Å². The maximum absolute atomic E-state index is 12.1. The van der Waals surface area contributed by atoms with Crippen LogP contribution in [0.1, 0.15) is 36.4 Å². The molecule has 1 aromatic heterocycles. The highest BCUT2D eigenvalue weighted by Gasteiger charge is 2.23. The number of thiophene rings is 1. The Hall–Kier alpha value is -0.380. The van der Waals surface area contributed by atoms with Crippen molar-refractivity contribution in [1.29, 1.82) is 0 Å². The van der Waals surface area contributed by atoms with Gasteiger partial charge in [-0.3, -0.25) is 9.69 Å². The summed E-state index contributed by atoms with van der Waals surface area (Å²) in [7, 11) is 0.